The molecule has 1 heterocycles. The Morgan fingerprint density at radius 2 is 2.50 bits per heavy atom. The summed E-state index contributed by atoms with van der Waals surface area (Å²) in [5.74, 6) is -0.0498. The molecular formula is C9H8N2O. The van der Waals surface area contributed by atoms with Crippen LogP contribution in [-0.2, 0) is 4.79 Å². The minimum absolute atomic E-state index is 0.0498. The summed E-state index contributed by atoms with van der Waals surface area (Å²) in [5.41, 5.74) is 1.81. The maximum absolute atomic E-state index is 10.6. The van der Waals surface area contributed by atoms with Crippen molar-refractivity contribution in [2.75, 3.05) is 0 Å². The molecule has 60 valence electrons. The average molecular weight is 160 g/mol. The number of allylic oxidation sites excluding steroid dienone is 1. The summed E-state index contributed by atoms with van der Waals surface area (Å²) in [5, 5.41) is 0. The van der Waals surface area contributed by atoms with Crippen LogP contribution in [0.3, 0.4) is 0 Å². The van der Waals surface area contributed by atoms with E-state index in [0.29, 0.717) is 0 Å². The highest BCUT2D eigenvalue weighted by atomic mass is 16.1. The Balaban J connectivity index is 2.52. The number of rotatable bonds is 1. The highest BCUT2D eigenvalue weighted by Gasteiger charge is 2.16. The van der Waals surface area contributed by atoms with Crippen molar-refractivity contribution >= 4 is 12.4 Å². The van der Waals surface area contributed by atoms with Gasteiger partial charge in [0, 0.05) is 17.7 Å². The first-order valence-electron chi connectivity index (χ1n) is 3.83. The number of carbonyl (C=O) groups is 1. The summed E-state index contributed by atoms with van der Waals surface area (Å²) in [6, 6.07) is 0. The minimum atomic E-state index is -0.0498. The van der Waals surface area contributed by atoms with E-state index < -0.39 is 0 Å². The number of fused-ring (bicyclic) bond motifs is 1. The van der Waals surface area contributed by atoms with Crippen molar-refractivity contribution < 1.29 is 4.79 Å². The second-order valence-electron chi connectivity index (χ2n) is 2.74. The van der Waals surface area contributed by atoms with E-state index in [4.69, 9.17) is 0 Å². The Kier molecular flexibility index (Phi) is 1.70. The van der Waals surface area contributed by atoms with Crippen molar-refractivity contribution in [3.63, 3.8) is 0 Å². The fourth-order valence-corrected chi connectivity index (χ4v) is 1.36. The Hall–Kier alpha value is -1.51. The van der Waals surface area contributed by atoms with Crippen LogP contribution in [0.2, 0.25) is 0 Å². The molecule has 1 aromatic rings. The van der Waals surface area contributed by atoms with Crippen LogP contribution >= 0.6 is 0 Å². The summed E-state index contributed by atoms with van der Waals surface area (Å²) in [6.07, 6.45) is 8.82. The van der Waals surface area contributed by atoms with Crippen LogP contribution in [-0.4, -0.2) is 16.3 Å². The SMILES string of the molecule is O=CC1CC=Cc2ncncc21. The summed E-state index contributed by atoms with van der Waals surface area (Å²) in [6.45, 7) is 0. The molecule has 2 rings (SSSR count). The van der Waals surface area contributed by atoms with Gasteiger partial charge >= 0.3 is 0 Å². The lowest BCUT2D eigenvalue weighted by Crippen LogP contribution is -2.06. The summed E-state index contributed by atoms with van der Waals surface area (Å²) < 4.78 is 0. The monoisotopic (exact) mass is 160 g/mol. The molecule has 1 unspecified atom stereocenters. The Morgan fingerprint density at radius 3 is 3.33 bits per heavy atom. The smallest absolute Gasteiger partial charge is 0.127 e. The Bertz CT molecular complexity index is 333. The molecule has 0 radical (unpaired) electrons. The van der Waals surface area contributed by atoms with Crippen LogP contribution in [0.1, 0.15) is 23.6 Å². The fraction of sp³-hybridized carbons (Fsp3) is 0.222. The maximum atomic E-state index is 10.6. The van der Waals surface area contributed by atoms with Gasteiger partial charge in [-0.1, -0.05) is 6.08 Å². The quantitative estimate of drug-likeness (QED) is 0.579. The molecule has 1 aromatic heterocycles. The van der Waals surface area contributed by atoms with Crippen LogP contribution in [0.15, 0.2) is 18.6 Å². The number of nitrogens with zero attached hydrogens (tertiary/aromatic N) is 2. The van der Waals surface area contributed by atoms with Gasteiger partial charge in [-0.05, 0) is 12.5 Å². The minimum Gasteiger partial charge on any atom is -0.303 e. The van der Waals surface area contributed by atoms with E-state index in [1.165, 1.54) is 6.33 Å². The third-order valence-electron chi connectivity index (χ3n) is 2.00. The van der Waals surface area contributed by atoms with Crippen LogP contribution in [0.5, 0.6) is 0 Å². The topological polar surface area (TPSA) is 42.9 Å². The van der Waals surface area contributed by atoms with Gasteiger partial charge in [0.15, 0.2) is 0 Å². The number of hydrogen-bond acceptors (Lipinski definition) is 3. The lowest BCUT2D eigenvalue weighted by atomic mass is 9.92. The van der Waals surface area contributed by atoms with E-state index in [-0.39, 0.29) is 5.92 Å². The molecule has 0 aliphatic heterocycles. The second-order valence-corrected chi connectivity index (χ2v) is 2.74. The number of aldehydes is 1. The largest absolute Gasteiger partial charge is 0.303 e. The fourth-order valence-electron chi connectivity index (χ4n) is 1.36. The zero-order valence-corrected chi connectivity index (χ0v) is 6.47. The van der Waals surface area contributed by atoms with Crippen molar-refractivity contribution in [3.8, 4) is 0 Å². The lowest BCUT2D eigenvalue weighted by Gasteiger charge is -2.13. The van der Waals surface area contributed by atoms with Gasteiger partial charge in [0.05, 0.1) is 5.69 Å². The molecule has 0 fully saturated rings. The molecule has 1 aliphatic carbocycles. The molecule has 1 aliphatic rings. The lowest BCUT2D eigenvalue weighted by molar-refractivity contribution is -0.109. The van der Waals surface area contributed by atoms with Gasteiger partial charge in [-0.25, -0.2) is 9.97 Å². The van der Waals surface area contributed by atoms with E-state index >= 15 is 0 Å². The Labute approximate surface area is 70.2 Å². The van der Waals surface area contributed by atoms with E-state index in [1.807, 2.05) is 12.2 Å². The van der Waals surface area contributed by atoms with E-state index in [2.05, 4.69) is 9.97 Å². The van der Waals surface area contributed by atoms with Crippen molar-refractivity contribution in [1.29, 1.82) is 0 Å². The van der Waals surface area contributed by atoms with Gasteiger partial charge in [0.1, 0.15) is 12.6 Å². The number of carbonyl (C=O) groups excluding carboxylic acids is 1. The molecule has 0 saturated heterocycles. The third-order valence-corrected chi connectivity index (χ3v) is 2.00. The average Bonchev–Trinajstić information content (AvgIpc) is 2.17. The molecule has 0 bridgehead atoms. The predicted molar refractivity (Wildman–Crippen MR) is 44.5 cm³/mol. The predicted octanol–water partition coefficient (Wildman–Crippen LogP) is 1.18. The second kappa shape index (κ2) is 2.85. The summed E-state index contributed by atoms with van der Waals surface area (Å²) in [7, 11) is 0. The summed E-state index contributed by atoms with van der Waals surface area (Å²) in [4.78, 5) is 18.6. The van der Waals surface area contributed by atoms with E-state index in [1.54, 1.807) is 6.20 Å². The van der Waals surface area contributed by atoms with Crippen molar-refractivity contribution in [2.45, 2.75) is 12.3 Å². The van der Waals surface area contributed by atoms with Gasteiger partial charge in [-0.15, -0.1) is 0 Å². The molecule has 12 heavy (non-hydrogen) atoms. The van der Waals surface area contributed by atoms with Crippen LogP contribution in [0.25, 0.3) is 6.08 Å². The molecule has 0 amide bonds. The molecular weight excluding hydrogens is 152 g/mol. The number of aromatic nitrogens is 2. The normalized spacial score (nSPS) is 20.2. The zero-order chi connectivity index (χ0) is 8.39. The Morgan fingerprint density at radius 1 is 1.58 bits per heavy atom. The maximum Gasteiger partial charge on any atom is 0.127 e. The zero-order valence-electron chi connectivity index (χ0n) is 6.47. The van der Waals surface area contributed by atoms with Crippen LogP contribution in [0, 0.1) is 0 Å². The molecule has 1 atom stereocenters. The first-order valence-corrected chi connectivity index (χ1v) is 3.83. The van der Waals surface area contributed by atoms with Crippen molar-refractivity contribution in [3.05, 3.63) is 29.9 Å². The van der Waals surface area contributed by atoms with Crippen molar-refractivity contribution in [2.24, 2.45) is 0 Å². The van der Waals surface area contributed by atoms with Gasteiger partial charge < -0.3 is 4.79 Å². The van der Waals surface area contributed by atoms with Gasteiger partial charge in [-0.3, -0.25) is 0 Å². The molecule has 0 saturated carbocycles. The molecule has 3 heteroatoms. The highest BCUT2D eigenvalue weighted by molar-refractivity contribution is 5.68. The number of hydrogen-bond donors (Lipinski definition) is 0. The molecule has 0 spiro atoms. The highest BCUT2D eigenvalue weighted by Crippen LogP contribution is 2.25. The third kappa shape index (κ3) is 1.03. The van der Waals surface area contributed by atoms with E-state index in [0.717, 1.165) is 24.0 Å². The van der Waals surface area contributed by atoms with Crippen LogP contribution in [0.4, 0.5) is 0 Å². The van der Waals surface area contributed by atoms with Gasteiger partial charge in [0.2, 0.25) is 0 Å². The molecule has 3 nitrogen and oxygen atoms in total. The standard InChI is InChI=1S/C9H8N2O/c12-5-7-2-1-3-9-8(7)4-10-6-11-9/h1,3-7H,2H2. The first kappa shape index (κ1) is 7.16. The van der Waals surface area contributed by atoms with Crippen molar-refractivity contribution in [1.82, 2.24) is 9.97 Å². The summed E-state index contributed by atoms with van der Waals surface area (Å²) >= 11 is 0. The van der Waals surface area contributed by atoms with Gasteiger partial charge in [-0.2, -0.15) is 0 Å². The molecule has 0 N–H and O–H groups in total. The van der Waals surface area contributed by atoms with Crippen LogP contribution < -0.4 is 0 Å². The van der Waals surface area contributed by atoms with Gasteiger partial charge in [0.25, 0.3) is 0 Å². The molecule has 0 aromatic carbocycles. The van der Waals surface area contributed by atoms with E-state index in [9.17, 15) is 4.79 Å². The first-order chi connectivity index (χ1) is 5.92.